The average Bonchev–Trinajstić information content (AvgIpc) is 2.28. The number of rotatable bonds is 5. The molecule has 0 bridgehead atoms. The molecule has 0 spiro atoms. The normalized spacial score (nSPS) is 19.6. The Morgan fingerprint density at radius 1 is 1.44 bits per heavy atom. The van der Waals surface area contributed by atoms with Crippen molar-refractivity contribution in [2.75, 3.05) is 18.0 Å². The zero-order chi connectivity index (χ0) is 11.4. The van der Waals surface area contributed by atoms with E-state index in [1.807, 2.05) is 0 Å². The monoisotopic (exact) mass is 218 g/mol. The number of anilines is 1. The van der Waals surface area contributed by atoms with Crippen molar-refractivity contribution in [3.8, 4) is 0 Å². The Kier molecular flexibility index (Phi) is 3.83. The van der Waals surface area contributed by atoms with Crippen LogP contribution >= 0.6 is 0 Å². The summed E-state index contributed by atoms with van der Waals surface area (Å²) in [5.41, 5.74) is 2.78. The van der Waals surface area contributed by atoms with E-state index in [9.17, 15) is 0 Å². The molecule has 2 nitrogen and oxygen atoms in total. The summed E-state index contributed by atoms with van der Waals surface area (Å²) in [6.45, 7) is 7.80. The van der Waals surface area contributed by atoms with Crippen molar-refractivity contribution in [3.63, 3.8) is 0 Å². The van der Waals surface area contributed by atoms with E-state index >= 15 is 0 Å². The molecule has 2 rings (SSSR count). The van der Waals surface area contributed by atoms with Gasteiger partial charge in [-0.15, -0.1) is 0 Å². The number of hydrogen-bond donors (Lipinski definition) is 1. The molecule has 1 aliphatic rings. The van der Waals surface area contributed by atoms with Crippen molar-refractivity contribution < 1.29 is 0 Å². The fourth-order valence-corrected chi connectivity index (χ4v) is 2.15. The van der Waals surface area contributed by atoms with Gasteiger partial charge in [0.25, 0.3) is 0 Å². The first-order chi connectivity index (χ1) is 7.81. The third-order valence-corrected chi connectivity index (χ3v) is 3.32. The zero-order valence-corrected chi connectivity index (χ0v) is 10.4. The van der Waals surface area contributed by atoms with Gasteiger partial charge < -0.3 is 10.2 Å². The molecule has 1 atom stereocenters. The Hall–Kier alpha value is -1.02. The van der Waals surface area contributed by atoms with E-state index in [2.05, 4.69) is 48.3 Å². The Bertz CT molecular complexity index is 335. The lowest BCUT2D eigenvalue weighted by Gasteiger charge is -2.41. The Labute approximate surface area is 98.7 Å². The second-order valence-corrected chi connectivity index (χ2v) is 4.68. The largest absolute Gasteiger partial charge is 0.369 e. The van der Waals surface area contributed by atoms with Crippen LogP contribution in [-0.2, 0) is 6.54 Å². The summed E-state index contributed by atoms with van der Waals surface area (Å²) in [6.07, 6.45) is 2.53. The van der Waals surface area contributed by atoms with E-state index in [1.54, 1.807) is 0 Å². The van der Waals surface area contributed by atoms with Crippen LogP contribution < -0.4 is 10.2 Å². The highest BCUT2D eigenvalue weighted by molar-refractivity contribution is 5.51. The van der Waals surface area contributed by atoms with Gasteiger partial charge in [0, 0.05) is 24.8 Å². The Morgan fingerprint density at radius 2 is 2.31 bits per heavy atom. The molecule has 0 aromatic heterocycles. The fraction of sp³-hybridized carbons (Fsp3) is 0.571. The van der Waals surface area contributed by atoms with Gasteiger partial charge in [0.05, 0.1) is 0 Å². The van der Waals surface area contributed by atoms with Crippen molar-refractivity contribution in [2.24, 2.45) is 0 Å². The van der Waals surface area contributed by atoms with Crippen molar-refractivity contribution in [1.82, 2.24) is 5.32 Å². The molecule has 1 heterocycles. The molecule has 0 amide bonds. The minimum absolute atomic E-state index is 0.721. The number of nitrogens with zero attached hydrogens (tertiary/aromatic N) is 1. The lowest BCUT2D eigenvalue weighted by atomic mass is 10.0. The van der Waals surface area contributed by atoms with E-state index in [4.69, 9.17) is 0 Å². The third kappa shape index (κ3) is 2.56. The quantitative estimate of drug-likeness (QED) is 0.765. The first kappa shape index (κ1) is 11.5. The van der Waals surface area contributed by atoms with Crippen LogP contribution in [0.1, 0.15) is 32.3 Å². The van der Waals surface area contributed by atoms with Crippen LogP contribution in [0.25, 0.3) is 0 Å². The molecule has 1 unspecified atom stereocenters. The highest BCUT2D eigenvalue weighted by Crippen LogP contribution is 2.26. The van der Waals surface area contributed by atoms with Crippen LogP contribution in [0, 0.1) is 0 Å². The minimum atomic E-state index is 0.721. The first-order valence-electron chi connectivity index (χ1n) is 6.37. The van der Waals surface area contributed by atoms with E-state index < -0.39 is 0 Å². The highest BCUT2D eigenvalue weighted by atomic mass is 15.2. The number of hydrogen-bond acceptors (Lipinski definition) is 2. The third-order valence-electron chi connectivity index (χ3n) is 3.32. The summed E-state index contributed by atoms with van der Waals surface area (Å²) in [5, 5.41) is 3.45. The maximum atomic E-state index is 3.45. The van der Waals surface area contributed by atoms with E-state index in [0.717, 1.165) is 19.1 Å². The molecule has 0 radical (unpaired) electrons. The fourth-order valence-electron chi connectivity index (χ4n) is 2.15. The molecule has 88 valence electrons. The van der Waals surface area contributed by atoms with Crippen LogP contribution in [0.2, 0.25) is 0 Å². The summed E-state index contributed by atoms with van der Waals surface area (Å²) in [4.78, 5) is 2.48. The van der Waals surface area contributed by atoms with Gasteiger partial charge in [-0.25, -0.2) is 0 Å². The number of nitrogens with one attached hydrogen (secondary N) is 1. The molecule has 16 heavy (non-hydrogen) atoms. The molecular weight excluding hydrogens is 196 g/mol. The molecule has 1 aromatic carbocycles. The van der Waals surface area contributed by atoms with Gasteiger partial charge in [-0.3, -0.25) is 0 Å². The Morgan fingerprint density at radius 3 is 2.94 bits per heavy atom. The SMILES string of the molecule is CCCNCc1cccc(N2CCC2C)c1. The van der Waals surface area contributed by atoms with Crippen molar-refractivity contribution in [3.05, 3.63) is 29.8 Å². The van der Waals surface area contributed by atoms with Crippen LogP contribution in [0.3, 0.4) is 0 Å². The lowest BCUT2D eigenvalue weighted by molar-refractivity contribution is 0.481. The number of benzene rings is 1. The summed E-state index contributed by atoms with van der Waals surface area (Å²) in [7, 11) is 0. The van der Waals surface area contributed by atoms with E-state index in [0.29, 0.717) is 0 Å². The predicted octanol–water partition coefficient (Wildman–Crippen LogP) is 2.78. The van der Waals surface area contributed by atoms with Gasteiger partial charge in [0.2, 0.25) is 0 Å². The highest BCUT2D eigenvalue weighted by Gasteiger charge is 2.23. The second-order valence-electron chi connectivity index (χ2n) is 4.68. The Balaban J connectivity index is 1.96. The van der Waals surface area contributed by atoms with Crippen molar-refractivity contribution >= 4 is 5.69 Å². The topological polar surface area (TPSA) is 15.3 Å². The van der Waals surface area contributed by atoms with Crippen molar-refractivity contribution in [1.29, 1.82) is 0 Å². The smallest absolute Gasteiger partial charge is 0.0371 e. The molecule has 1 fully saturated rings. The molecular formula is C14H22N2. The molecule has 2 heteroatoms. The van der Waals surface area contributed by atoms with Crippen LogP contribution in [0.5, 0.6) is 0 Å². The molecule has 0 aliphatic carbocycles. The maximum Gasteiger partial charge on any atom is 0.0371 e. The standard InChI is InChI=1S/C14H22N2/c1-3-8-15-11-13-5-4-6-14(10-13)16-9-7-12(16)2/h4-6,10,12,15H,3,7-9,11H2,1-2H3. The van der Waals surface area contributed by atoms with Crippen LogP contribution in [0.15, 0.2) is 24.3 Å². The van der Waals surface area contributed by atoms with Gasteiger partial charge in [-0.2, -0.15) is 0 Å². The second kappa shape index (κ2) is 5.35. The van der Waals surface area contributed by atoms with Gasteiger partial charge in [-0.1, -0.05) is 19.1 Å². The molecule has 1 aromatic rings. The summed E-state index contributed by atoms with van der Waals surface area (Å²) >= 11 is 0. The van der Waals surface area contributed by atoms with Crippen molar-refractivity contribution in [2.45, 2.75) is 39.3 Å². The summed E-state index contributed by atoms with van der Waals surface area (Å²) in [5.74, 6) is 0. The van der Waals surface area contributed by atoms with E-state index in [1.165, 1.54) is 30.6 Å². The minimum Gasteiger partial charge on any atom is -0.369 e. The molecule has 0 saturated carbocycles. The maximum absolute atomic E-state index is 3.45. The van der Waals surface area contributed by atoms with E-state index in [-0.39, 0.29) is 0 Å². The van der Waals surface area contributed by atoms with Gasteiger partial charge in [0.15, 0.2) is 0 Å². The summed E-state index contributed by atoms with van der Waals surface area (Å²) in [6, 6.07) is 9.64. The van der Waals surface area contributed by atoms with Gasteiger partial charge >= 0.3 is 0 Å². The average molecular weight is 218 g/mol. The van der Waals surface area contributed by atoms with Crippen LogP contribution in [-0.4, -0.2) is 19.1 Å². The lowest BCUT2D eigenvalue weighted by Crippen LogP contribution is -2.45. The predicted molar refractivity (Wildman–Crippen MR) is 69.9 cm³/mol. The zero-order valence-electron chi connectivity index (χ0n) is 10.4. The van der Waals surface area contributed by atoms with Gasteiger partial charge in [0.1, 0.15) is 0 Å². The summed E-state index contributed by atoms with van der Waals surface area (Å²) < 4.78 is 0. The van der Waals surface area contributed by atoms with Gasteiger partial charge in [-0.05, 0) is 44.0 Å². The molecule has 1 saturated heterocycles. The molecule has 1 N–H and O–H groups in total. The van der Waals surface area contributed by atoms with Crippen LogP contribution in [0.4, 0.5) is 5.69 Å². The molecule has 1 aliphatic heterocycles. The first-order valence-corrected chi connectivity index (χ1v) is 6.37.